The summed E-state index contributed by atoms with van der Waals surface area (Å²) in [7, 11) is 1.84. The summed E-state index contributed by atoms with van der Waals surface area (Å²) in [5.74, 6) is 0.806. The van der Waals surface area contributed by atoms with E-state index in [1.807, 2.05) is 37.5 Å². The van der Waals surface area contributed by atoms with Crippen LogP contribution >= 0.6 is 0 Å². The van der Waals surface area contributed by atoms with E-state index in [4.69, 9.17) is 10.6 Å². The number of fused-ring (bicyclic) bond motifs is 1. The molecular formula is C12H18N2O. The molecule has 0 radical (unpaired) electrons. The number of hydrogen-bond acceptors (Lipinski definition) is 3. The Balaban J connectivity index is 0.000000337. The van der Waals surface area contributed by atoms with Crippen molar-refractivity contribution in [3.63, 3.8) is 0 Å². The standard InChI is InChI=1S/C9H10N2O.C3H8/c1-11-6-5-7-8(10)3-2-4-9(7)12-11;1-3-2/h2-6H,10H2,1H3;3H2,1-2H3. The molecule has 1 aliphatic rings. The number of hydroxylamine groups is 2. The Morgan fingerprint density at radius 2 is 2.00 bits per heavy atom. The largest absolute Gasteiger partial charge is 0.398 e. The van der Waals surface area contributed by atoms with Crippen molar-refractivity contribution < 1.29 is 4.84 Å². The van der Waals surface area contributed by atoms with Crippen molar-refractivity contribution in [1.82, 2.24) is 5.06 Å². The maximum absolute atomic E-state index is 5.74. The van der Waals surface area contributed by atoms with Gasteiger partial charge in [-0.05, 0) is 18.2 Å². The summed E-state index contributed by atoms with van der Waals surface area (Å²) in [5, 5.41) is 1.64. The van der Waals surface area contributed by atoms with Crippen LogP contribution in [-0.4, -0.2) is 12.1 Å². The van der Waals surface area contributed by atoms with Crippen molar-refractivity contribution in [3.05, 3.63) is 30.0 Å². The molecule has 3 heteroatoms. The van der Waals surface area contributed by atoms with Crippen molar-refractivity contribution in [2.45, 2.75) is 20.3 Å². The van der Waals surface area contributed by atoms with Gasteiger partial charge in [0.2, 0.25) is 0 Å². The van der Waals surface area contributed by atoms with Crippen molar-refractivity contribution >= 4 is 11.8 Å². The zero-order chi connectivity index (χ0) is 11.3. The van der Waals surface area contributed by atoms with E-state index in [1.165, 1.54) is 6.42 Å². The highest BCUT2D eigenvalue weighted by molar-refractivity contribution is 5.70. The van der Waals surface area contributed by atoms with E-state index in [1.54, 1.807) is 5.06 Å². The Labute approximate surface area is 91.1 Å². The van der Waals surface area contributed by atoms with Crippen LogP contribution in [-0.2, 0) is 0 Å². The van der Waals surface area contributed by atoms with Gasteiger partial charge in [-0.25, -0.2) is 5.06 Å². The Hall–Kier alpha value is -1.64. The first kappa shape index (κ1) is 11.4. The number of nitrogen functional groups attached to an aromatic ring is 1. The van der Waals surface area contributed by atoms with Crippen LogP contribution in [0.3, 0.4) is 0 Å². The van der Waals surface area contributed by atoms with Gasteiger partial charge >= 0.3 is 0 Å². The Morgan fingerprint density at radius 1 is 1.33 bits per heavy atom. The minimum Gasteiger partial charge on any atom is -0.398 e. The van der Waals surface area contributed by atoms with Crippen LogP contribution in [0.5, 0.6) is 5.75 Å². The van der Waals surface area contributed by atoms with Crippen LogP contribution < -0.4 is 10.6 Å². The summed E-state index contributed by atoms with van der Waals surface area (Å²) >= 11 is 0. The maximum Gasteiger partial charge on any atom is 0.164 e. The zero-order valence-electron chi connectivity index (χ0n) is 9.53. The lowest BCUT2D eigenvalue weighted by Crippen LogP contribution is -2.18. The first-order valence-corrected chi connectivity index (χ1v) is 5.16. The number of rotatable bonds is 0. The van der Waals surface area contributed by atoms with Crippen LogP contribution in [0.15, 0.2) is 24.4 Å². The van der Waals surface area contributed by atoms with Gasteiger partial charge in [-0.3, -0.25) is 0 Å². The van der Waals surface area contributed by atoms with Crippen LogP contribution in [0.25, 0.3) is 6.08 Å². The monoisotopic (exact) mass is 206 g/mol. The fourth-order valence-electron chi connectivity index (χ4n) is 1.18. The molecule has 2 rings (SSSR count). The summed E-state index contributed by atoms with van der Waals surface area (Å²) in [4.78, 5) is 5.38. The number of nitrogens with two attached hydrogens (primary N) is 1. The highest BCUT2D eigenvalue weighted by Gasteiger charge is 2.10. The minimum atomic E-state index is 0.747. The first-order chi connectivity index (χ1) is 7.19. The number of hydrogen-bond donors (Lipinski definition) is 1. The second kappa shape index (κ2) is 5.29. The lowest BCUT2D eigenvalue weighted by atomic mass is 10.1. The molecule has 2 N–H and O–H groups in total. The molecule has 0 aliphatic carbocycles. The van der Waals surface area contributed by atoms with E-state index in [-0.39, 0.29) is 0 Å². The topological polar surface area (TPSA) is 38.5 Å². The molecule has 1 heterocycles. The van der Waals surface area contributed by atoms with Gasteiger partial charge in [0, 0.05) is 24.5 Å². The van der Waals surface area contributed by atoms with Crippen molar-refractivity contribution in [1.29, 1.82) is 0 Å². The van der Waals surface area contributed by atoms with E-state index in [0.29, 0.717) is 0 Å². The van der Waals surface area contributed by atoms with Gasteiger partial charge in [0.15, 0.2) is 5.75 Å². The molecule has 1 aromatic rings. The quantitative estimate of drug-likeness (QED) is 0.663. The van der Waals surface area contributed by atoms with Crippen LogP contribution in [0.2, 0.25) is 0 Å². The molecule has 0 saturated carbocycles. The molecule has 0 fully saturated rings. The van der Waals surface area contributed by atoms with E-state index >= 15 is 0 Å². The van der Waals surface area contributed by atoms with Gasteiger partial charge in [0.25, 0.3) is 0 Å². The summed E-state index contributed by atoms with van der Waals surface area (Å²) in [5.41, 5.74) is 7.44. The lowest BCUT2D eigenvalue weighted by Gasteiger charge is -2.21. The van der Waals surface area contributed by atoms with Gasteiger partial charge < -0.3 is 10.6 Å². The SMILES string of the molecule is CCC.CN1C=Cc2c(N)cccc2O1. The highest BCUT2D eigenvalue weighted by atomic mass is 16.7. The third-order valence-electron chi connectivity index (χ3n) is 1.79. The molecular weight excluding hydrogens is 188 g/mol. The molecule has 0 bridgehead atoms. The molecule has 15 heavy (non-hydrogen) atoms. The average molecular weight is 206 g/mol. The summed E-state index contributed by atoms with van der Waals surface area (Å²) < 4.78 is 0. The van der Waals surface area contributed by atoms with Crippen molar-refractivity contribution in [2.24, 2.45) is 0 Å². The van der Waals surface area contributed by atoms with Gasteiger partial charge in [-0.2, -0.15) is 0 Å². The molecule has 3 nitrogen and oxygen atoms in total. The third kappa shape index (κ3) is 2.91. The Morgan fingerprint density at radius 3 is 2.67 bits per heavy atom. The van der Waals surface area contributed by atoms with Crippen LogP contribution in [0, 0.1) is 0 Å². The van der Waals surface area contributed by atoms with Gasteiger partial charge in [0.1, 0.15) is 0 Å². The molecule has 0 saturated heterocycles. The fourth-order valence-corrected chi connectivity index (χ4v) is 1.18. The van der Waals surface area contributed by atoms with E-state index in [0.717, 1.165) is 17.0 Å². The lowest BCUT2D eigenvalue weighted by molar-refractivity contribution is 0.0189. The van der Waals surface area contributed by atoms with Gasteiger partial charge in [-0.15, -0.1) is 0 Å². The summed E-state index contributed by atoms with van der Waals surface area (Å²) in [6.45, 7) is 4.25. The molecule has 0 aromatic heterocycles. The highest BCUT2D eigenvalue weighted by Crippen LogP contribution is 2.29. The molecule has 1 aromatic carbocycles. The zero-order valence-corrected chi connectivity index (χ0v) is 9.53. The normalized spacial score (nSPS) is 12.3. The number of anilines is 1. The minimum absolute atomic E-state index is 0.747. The molecule has 0 atom stereocenters. The molecule has 0 spiro atoms. The smallest absolute Gasteiger partial charge is 0.164 e. The first-order valence-electron chi connectivity index (χ1n) is 5.16. The third-order valence-corrected chi connectivity index (χ3v) is 1.79. The molecule has 0 amide bonds. The summed E-state index contributed by atoms with van der Waals surface area (Å²) in [6.07, 6.45) is 5.02. The molecule has 82 valence electrons. The van der Waals surface area contributed by atoms with Crippen molar-refractivity contribution in [2.75, 3.05) is 12.8 Å². The number of benzene rings is 1. The number of nitrogens with zero attached hydrogens (tertiary/aromatic N) is 1. The molecule has 0 unspecified atom stereocenters. The second-order valence-electron chi connectivity index (χ2n) is 3.42. The Bertz CT molecular complexity index is 347. The maximum atomic E-state index is 5.74. The summed E-state index contributed by atoms with van der Waals surface area (Å²) in [6, 6.07) is 5.63. The van der Waals surface area contributed by atoms with Crippen LogP contribution in [0.1, 0.15) is 25.8 Å². The Kier molecular flexibility index (Phi) is 4.03. The van der Waals surface area contributed by atoms with E-state index in [9.17, 15) is 0 Å². The fraction of sp³-hybridized carbons (Fsp3) is 0.333. The van der Waals surface area contributed by atoms with Gasteiger partial charge in [-0.1, -0.05) is 26.3 Å². The predicted molar refractivity (Wildman–Crippen MR) is 64.2 cm³/mol. The van der Waals surface area contributed by atoms with E-state index < -0.39 is 0 Å². The average Bonchev–Trinajstić information content (AvgIpc) is 2.19. The van der Waals surface area contributed by atoms with Gasteiger partial charge in [0.05, 0.1) is 0 Å². The van der Waals surface area contributed by atoms with Crippen LogP contribution in [0.4, 0.5) is 5.69 Å². The second-order valence-corrected chi connectivity index (χ2v) is 3.42. The predicted octanol–water partition coefficient (Wildman–Crippen LogP) is 2.90. The molecule has 1 aliphatic heterocycles. The van der Waals surface area contributed by atoms with Crippen molar-refractivity contribution in [3.8, 4) is 5.75 Å². The van der Waals surface area contributed by atoms with E-state index in [2.05, 4.69) is 13.8 Å².